The molecule has 2 N–H and O–H groups in total. The molecule has 0 aromatic carbocycles. The highest BCUT2D eigenvalue weighted by Gasteiger charge is 2.03. The zero-order valence-electron chi connectivity index (χ0n) is 8.71. The van der Waals surface area contributed by atoms with Crippen LogP contribution < -0.4 is 5.73 Å². The van der Waals surface area contributed by atoms with Crippen molar-refractivity contribution in [1.29, 1.82) is 0 Å². The first-order chi connectivity index (χ1) is 7.85. The van der Waals surface area contributed by atoms with E-state index in [2.05, 4.69) is 21.9 Å². The van der Waals surface area contributed by atoms with Gasteiger partial charge < -0.3 is 10.3 Å². The lowest BCUT2D eigenvalue weighted by molar-refractivity contribution is 0.783. The maximum absolute atomic E-state index is 5.57. The molecule has 0 radical (unpaired) electrons. The molecule has 0 saturated carbocycles. The van der Waals surface area contributed by atoms with E-state index >= 15 is 0 Å². The Morgan fingerprint density at radius 2 is 2.25 bits per heavy atom. The second-order valence-electron chi connectivity index (χ2n) is 3.72. The molecule has 82 valence electrons. The standard InChI is InChI=1S/C11H12N4S/c12-5-9-1-2-14(6-9)7-10-8-15-3-4-16-11(15)13-10/h1-4,6,8H,5,7,12H2. The first-order valence-corrected chi connectivity index (χ1v) is 5.99. The third-order valence-corrected chi connectivity index (χ3v) is 3.31. The number of imidazole rings is 1. The molecule has 0 fully saturated rings. The predicted molar refractivity (Wildman–Crippen MR) is 64.5 cm³/mol. The molecular formula is C11H12N4S. The molecule has 0 unspecified atom stereocenters. The van der Waals surface area contributed by atoms with E-state index in [1.54, 1.807) is 11.3 Å². The van der Waals surface area contributed by atoms with E-state index in [-0.39, 0.29) is 0 Å². The van der Waals surface area contributed by atoms with Crippen molar-refractivity contribution in [3.8, 4) is 0 Å². The van der Waals surface area contributed by atoms with E-state index in [9.17, 15) is 0 Å². The molecule has 3 heterocycles. The number of thiazole rings is 1. The van der Waals surface area contributed by atoms with Gasteiger partial charge in [0.15, 0.2) is 4.96 Å². The lowest BCUT2D eigenvalue weighted by atomic mass is 10.3. The van der Waals surface area contributed by atoms with Crippen molar-refractivity contribution in [2.75, 3.05) is 0 Å². The van der Waals surface area contributed by atoms with Crippen LogP contribution in [0, 0.1) is 0 Å². The summed E-state index contributed by atoms with van der Waals surface area (Å²) < 4.78 is 4.15. The second kappa shape index (κ2) is 3.77. The van der Waals surface area contributed by atoms with Gasteiger partial charge in [0, 0.05) is 36.7 Å². The first-order valence-electron chi connectivity index (χ1n) is 5.11. The van der Waals surface area contributed by atoms with Crippen molar-refractivity contribution in [1.82, 2.24) is 14.0 Å². The smallest absolute Gasteiger partial charge is 0.193 e. The maximum Gasteiger partial charge on any atom is 0.193 e. The average molecular weight is 232 g/mol. The molecule has 3 aromatic rings. The molecule has 5 heteroatoms. The number of rotatable bonds is 3. The molecular weight excluding hydrogens is 220 g/mol. The van der Waals surface area contributed by atoms with Crippen LogP contribution in [-0.2, 0) is 13.1 Å². The highest BCUT2D eigenvalue weighted by molar-refractivity contribution is 7.15. The van der Waals surface area contributed by atoms with Crippen LogP contribution in [0.25, 0.3) is 4.96 Å². The van der Waals surface area contributed by atoms with Crippen molar-refractivity contribution < 1.29 is 0 Å². The van der Waals surface area contributed by atoms with Crippen LogP contribution in [0.15, 0.2) is 36.2 Å². The van der Waals surface area contributed by atoms with Crippen LogP contribution in [0.5, 0.6) is 0 Å². The molecule has 0 aliphatic heterocycles. The third kappa shape index (κ3) is 1.64. The fraction of sp³-hybridized carbons (Fsp3) is 0.182. The molecule has 0 spiro atoms. The fourth-order valence-electron chi connectivity index (χ4n) is 1.75. The highest BCUT2D eigenvalue weighted by Crippen LogP contribution is 2.12. The quantitative estimate of drug-likeness (QED) is 0.747. The molecule has 3 rings (SSSR count). The Kier molecular flexibility index (Phi) is 2.27. The summed E-state index contributed by atoms with van der Waals surface area (Å²) in [7, 11) is 0. The summed E-state index contributed by atoms with van der Waals surface area (Å²) in [5, 5.41) is 2.04. The summed E-state index contributed by atoms with van der Waals surface area (Å²) in [5.74, 6) is 0. The van der Waals surface area contributed by atoms with Gasteiger partial charge in [0.05, 0.1) is 12.2 Å². The Morgan fingerprint density at radius 3 is 3.00 bits per heavy atom. The van der Waals surface area contributed by atoms with E-state index in [0.717, 1.165) is 22.8 Å². The molecule has 0 aliphatic carbocycles. The van der Waals surface area contributed by atoms with Crippen LogP contribution in [-0.4, -0.2) is 14.0 Å². The predicted octanol–water partition coefficient (Wildman–Crippen LogP) is 1.70. The van der Waals surface area contributed by atoms with E-state index < -0.39 is 0 Å². The Hall–Kier alpha value is -1.59. The van der Waals surface area contributed by atoms with E-state index in [1.165, 1.54) is 0 Å². The fourth-order valence-corrected chi connectivity index (χ4v) is 2.47. The molecule has 0 amide bonds. The normalized spacial score (nSPS) is 11.3. The van der Waals surface area contributed by atoms with Crippen molar-refractivity contribution in [2.24, 2.45) is 5.73 Å². The maximum atomic E-state index is 5.57. The first kappa shape index (κ1) is 9.62. The summed E-state index contributed by atoms with van der Waals surface area (Å²) >= 11 is 1.65. The summed E-state index contributed by atoms with van der Waals surface area (Å²) in [6.45, 7) is 1.39. The highest BCUT2D eigenvalue weighted by atomic mass is 32.1. The van der Waals surface area contributed by atoms with Crippen molar-refractivity contribution >= 4 is 16.3 Å². The van der Waals surface area contributed by atoms with Crippen LogP contribution in [0.2, 0.25) is 0 Å². The van der Waals surface area contributed by atoms with Gasteiger partial charge in [-0.1, -0.05) is 0 Å². The molecule has 0 bridgehead atoms. The average Bonchev–Trinajstić information content (AvgIpc) is 2.92. The Bertz CT molecular complexity index is 576. The third-order valence-electron chi connectivity index (χ3n) is 2.54. The summed E-state index contributed by atoms with van der Waals surface area (Å²) in [5.41, 5.74) is 7.80. The molecule has 4 nitrogen and oxygen atoms in total. The van der Waals surface area contributed by atoms with Crippen LogP contribution in [0.1, 0.15) is 11.3 Å². The van der Waals surface area contributed by atoms with Crippen LogP contribution >= 0.6 is 11.3 Å². The van der Waals surface area contributed by atoms with Gasteiger partial charge in [-0.3, -0.25) is 4.40 Å². The van der Waals surface area contributed by atoms with Gasteiger partial charge >= 0.3 is 0 Å². The second-order valence-corrected chi connectivity index (χ2v) is 4.59. The molecule has 0 saturated heterocycles. The largest absolute Gasteiger partial charge is 0.348 e. The minimum atomic E-state index is 0.589. The number of nitrogens with zero attached hydrogens (tertiary/aromatic N) is 3. The van der Waals surface area contributed by atoms with Crippen molar-refractivity contribution in [2.45, 2.75) is 13.1 Å². The van der Waals surface area contributed by atoms with Gasteiger partial charge in [-0.25, -0.2) is 4.98 Å². The van der Waals surface area contributed by atoms with E-state index in [1.807, 2.05) is 28.2 Å². The number of fused-ring (bicyclic) bond motifs is 1. The summed E-state index contributed by atoms with van der Waals surface area (Å²) in [4.78, 5) is 5.58. The number of hydrogen-bond acceptors (Lipinski definition) is 3. The van der Waals surface area contributed by atoms with Gasteiger partial charge in [0.1, 0.15) is 0 Å². The van der Waals surface area contributed by atoms with Crippen LogP contribution in [0.4, 0.5) is 0 Å². The zero-order chi connectivity index (χ0) is 11.0. The minimum Gasteiger partial charge on any atom is -0.348 e. The lowest BCUT2D eigenvalue weighted by Gasteiger charge is -1.97. The SMILES string of the molecule is NCc1ccn(Cc2cn3ccsc3n2)c1. The zero-order valence-corrected chi connectivity index (χ0v) is 9.52. The Morgan fingerprint density at radius 1 is 1.31 bits per heavy atom. The van der Waals surface area contributed by atoms with E-state index in [0.29, 0.717) is 6.54 Å². The molecule has 3 aromatic heterocycles. The van der Waals surface area contributed by atoms with Crippen molar-refractivity contribution in [3.63, 3.8) is 0 Å². The molecule has 0 atom stereocenters. The Balaban J connectivity index is 1.86. The minimum absolute atomic E-state index is 0.589. The molecule has 0 aliphatic rings. The van der Waals surface area contributed by atoms with Gasteiger partial charge in [-0.15, -0.1) is 11.3 Å². The number of nitrogens with two attached hydrogens (primary N) is 1. The molecule has 16 heavy (non-hydrogen) atoms. The topological polar surface area (TPSA) is 48.2 Å². The van der Waals surface area contributed by atoms with E-state index in [4.69, 9.17) is 5.73 Å². The van der Waals surface area contributed by atoms with Gasteiger partial charge in [0.2, 0.25) is 0 Å². The summed E-state index contributed by atoms with van der Waals surface area (Å²) in [6.07, 6.45) is 8.19. The van der Waals surface area contributed by atoms with Gasteiger partial charge in [-0.2, -0.15) is 0 Å². The van der Waals surface area contributed by atoms with Gasteiger partial charge in [0.25, 0.3) is 0 Å². The number of hydrogen-bond donors (Lipinski definition) is 1. The number of aromatic nitrogens is 3. The Labute approximate surface area is 97.0 Å². The van der Waals surface area contributed by atoms with Gasteiger partial charge in [-0.05, 0) is 11.6 Å². The van der Waals surface area contributed by atoms with Crippen molar-refractivity contribution in [3.05, 3.63) is 47.5 Å². The summed E-state index contributed by atoms with van der Waals surface area (Å²) in [6, 6.07) is 2.04. The lowest BCUT2D eigenvalue weighted by Crippen LogP contribution is -1.98. The van der Waals surface area contributed by atoms with Crippen LogP contribution in [0.3, 0.4) is 0 Å². The monoisotopic (exact) mass is 232 g/mol.